The van der Waals surface area contributed by atoms with E-state index in [1.807, 2.05) is 6.07 Å². The van der Waals surface area contributed by atoms with Crippen molar-refractivity contribution in [1.29, 1.82) is 5.26 Å². The van der Waals surface area contributed by atoms with E-state index in [-0.39, 0.29) is 28.9 Å². The van der Waals surface area contributed by atoms with Gasteiger partial charge in [-0.1, -0.05) is 12.1 Å². The molecule has 0 bridgehead atoms. The third-order valence-electron chi connectivity index (χ3n) is 6.03. The van der Waals surface area contributed by atoms with Gasteiger partial charge in [0, 0.05) is 31.2 Å². The summed E-state index contributed by atoms with van der Waals surface area (Å²) in [7, 11) is 0. The average molecular weight is 560 g/mol. The zero-order valence-electron chi connectivity index (χ0n) is 21.8. The number of pyridine rings is 1. The van der Waals surface area contributed by atoms with Crippen molar-refractivity contribution in [2.75, 3.05) is 10.6 Å². The van der Waals surface area contributed by atoms with Crippen molar-refractivity contribution in [2.45, 2.75) is 26.9 Å². The lowest BCUT2D eigenvalue weighted by molar-refractivity contribution is -0.137. The second kappa shape index (κ2) is 10.2. The monoisotopic (exact) mass is 559 g/mol. The van der Waals surface area contributed by atoms with Gasteiger partial charge >= 0.3 is 6.18 Å². The molecule has 0 fully saturated rings. The van der Waals surface area contributed by atoms with Gasteiger partial charge in [0.1, 0.15) is 0 Å². The number of alkyl halides is 3. The van der Waals surface area contributed by atoms with Crippen molar-refractivity contribution in [3.8, 4) is 34.3 Å². The van der Waals surface area contributed by atoms with Gasteiger partial charge in [-0.2, -0.15) is 28.4 Å². The molecule has 2 aromatic carbocycles. The van der Waals surface area contributed by atoms with Crippen LogP contribution >= 0.6 is 0 Å². The minimum atomic E-state index is -4.59. The molecule has 0 saturated heterocycles. The molecule has 0 aliphatic carbocycles. The number of carbonyl (C=O) groups excluding carboxylic acids is 2. The van der Waals surface area contributed by atoms with E-state index in [0.717, 1.165) is 12.1 Å². The number of amides is 2. The summed E-state index contributed by atoms with van der Waals surface area (Å²) in [6.07, 6.45) is -3.03. The van der Waals surface area contributed by atoms with Crippen LogP contribution in [-0.4, -0.2) is 41.2 Å². The minimum absolute atomic E-state index is 0.0190. The molecule has 0 saturated carbocycles. The van der Waals surface area contributed by atoms with E-state index in [4.69, 9.17) is 0 Å². The lowest BCUT2D eigenvalue weighted by Crippen LogP contribution is -2.07. The maximum absolute atomic E-state index is 13.6. The number of halogens is 3. The van der Waals surface area contributed by atoms with Crippen LogP contribution in [0.15, 0.2) is 54.7 Å². The van der Waals surface area contributed by atoms with Crippen molar-refractivity contribution in [3.05, 3.63) is 71.4 Å². The first-order valence-corrected chi connectivity index (χ1v) is 12.1. The number of hydrogen-bond acceptors (Lipinski definition) is 7. The van der Waals surface area contributed by atoms with E-state index in [9.17, 15) is 28.0 Å². The lowest BCUT2D eigenvalue weighted by Gasteiger charge is -2.15. The van der Waals surface area contributed by atoms with Gasteiger partial charge in [0.15, 0.2) is 11.5 Å². The van der Waals surface area contributed by atoms with Crippen LogP contribution in [0.1, 0.15) is 30.5 Å². The molecule has 0 aliphatic heterocycles. The second-order valence-electron chi connectivity index (χ2n) is 9.02. The van der Waals surface area contributed by atoms with Gasteiger partial charge in [-0.05, 0) is 54.4 Å². The summed E-state index contributed by atoms with van der Waals surface area (Å²) >= 11 is 0. The fraction of sp³-hybridized carbons (Fsp3) is 0.148. The number of nitrogens with one attached hydrogen (secondary N) is 2. The number of benzene rings is 2. The highest BCUT2D eigenvalue weighted by molar-refractivity contribution is 5.90. The summed E-state index contributed by atoms with van der Waals surface area (Å²) in [6, 6.07) is 13.3. The Bertz CT molecular complexity index is 1870. The predicted molar refractivity (Wildman–Crippen MR) is 142 cm³/mol. The molecule has 11 nitrogen and oxygen atoms in total. The summed E-state index contributed by atoms with van der Waals surface area (Å²) in [5.74, 6) is -0.688. The van der Waals surface area contributed by atoms with Gasteiger partial charge < -0.3 is 0 Å². The smallest absolute Gasteiger partial charge is 0.293 e. The third kappa shape index (κ3) is 5.33. The summed E-state index contributed by atoms with van der Waals surface area (Å²) in [5.41, 5.74) is 1.66. The molecule has 2 amide bonds. The molecular formula is C27H20F3N9O2. The van der Waals surface area contributed by atoms with Crippen LogP contribution in [0.5, 0.6) is 0 Å². The van der Waals surface area contributed by atoms with Gasteiger partial charge in [-0.3, -0.25) is 20.2 Å². The van der Waals surface area contributed by atoms with Gasteiger partial charge in [0.05, 0.1) is 22.9 Å². The Labute approximate surface area is 230 Å². The van der Waals surface area contributed by atoms with Crippen molar-refractivity contribution in [3.63, 3.8) is 0 Å². The molecule has 206 valence electrons. The molecule has 0 unspecified atom stereocenters. The first-order valence-electron chi connectivity index (χ1n) is 12.1. The molecule has 41 heavy (non-hydrogen) atoms. The van der Waals surface area contributed by atoms with Gasteiger partial charge in [0.25, 0.3) is 0 Å². The van der Waals surface area contributed by atoms with Gasteiger partial charge in [0.2, 0.25) is 23.7 Å². The summed E-state index contributed by atoms with van der Waals surface area (Å²) in [6.45, 7) is 4.26. The predicted octanol–water partition coefficient (Wildman–Crippen LogP) is 4.76. The number of nitrogens with zero attached hydrogens (tertiary/aromatic N) is 7. The van der Waals surface area contributed by atoms with E-state index < -0.39 is 23.6 Å². The summed E-state index contributed by atoms with van der Waals surface area (Å²) in [4.78, 5) is 32.3. The van der Waals surface area contributed by atoms with E-state index in [2.05, 4.69) is 30.8 Å². The number of fused-ring (bicyclic) bond motifs is 1. The standard InChI is InChI=1S/C27H20F3N9O2/c1-14-21(23-34-26(33-16(3)41)37-39(23)20-9-7-17(12-31)8-10-20)13-38-24(35-25(36-38)32-15(2)40)22(14)18-5-4-6-19(11-18)27(28,29)30/h4-11,13H,1-3H3,(H,32,36,40)(H,33,37,41). The SMILES string of the molecule is CC(=O)Nc1nc(-c2cn3nc(NC(C)=O)nc3c(-c3cccc(C(F)(F)F)c3)c2C)n(-c2ccc(C#N)cc2)n1. The van der Waals surface area contributed by atoms with Gasteiger partial charge in [-0.25, -0.2) is 9.20 Å². The maximum atomic E-state index is 13.6. The van der Waals surface area contributed by atoms with Crippen LogP contribution in [-0.2, 0) is 15.8 Å². The van der Waals surface area contributed by atoms with Crippen LogP contribution in [0, 0.1) is 18.3 Å². The molecule has 0 atom stereocenters. The molecule has 5 rings (SSSR count). The molecule has 5 aromatic rings. The number of anilines is 2. The number of nitriles is 1. The highest BCUT2D eigenvalue weighted by Gasteiger charge is 2.31. The molecule has 2 N–H and O–H groups in total. The largest absolute Gasteiger partial charge is 0.416 e. The summed E-state index contributed by atoms with van der Waals surface area (Å²) < 4.78 is 43.7. The summed E-state index contributed by atoms with van der Waals surface area (Å²) in [5, 5.41) is 22.9. The molecule has 3 aromatic heterocycles. The highest BCUT2D eigenvalue weighted by atomic mass is 19.4. The second-order valence-corrected chi connectivity index (χ2v) is 9.02. The van der Waals surface area contributed by atoms with E-state index in [0.29, 0.717) is 27.9 Å². The Kier molecular flexibility index (Phi) is 6.71. The molecule has 0 spiro atoms. The van der Waals surface area contributed by atoms with Crippen molar-refractivity contribution in [1.82, 2.24) is 29.4 Å². The van der Waals surface area contributed by atoms with Crippen LogP contribution in [0.25, 0.3) is 33.8 Å². The van der Waals surface area contributed by atoms with Gasteiger partial charge in [-0.15, -0.1) is 10.2 Å². The number of rotatable bonds is 5. The van der Waals surface area contributed by atoms with E-state index in [1.54, 1.807) is 37.4 Å². The maximum Gasteiger partial charge on any atom is 0.416 e. The lowest BCUT2D eigenvalue weighted by atomic mass is 9.96. The number of aromatic nitrogens is 6. The zero-order valence-corrected chi connectivity index (χ0v) is 21.8. The van der Waals surface area contributed by atoms with Crippen LogP contribution in [0.4, 0.5) is 25.1 Å². The van der Waals surface area contributed by atoms with Crippen LogP contribution < -0.4 is 10.6 Å². The first kappa shape index (κ1) is 27.0. The molecule has 0 aliphatic rings. The molecule has 14 heteroatoms. The van der Waals surface area contributed by atoms with Crippen molar-refractivity contribution < 1.29 is 22.8 Å². The Hall–Kier alpha value is -5.58. The van der Waals surface area contributed by atoms with Crippen LogP contribution in [0.2, 0.25) is 0 Å². The van der Waals surface area contributed by atoms with E-state index >= 15 is 0 Å². The fourth-order valence-corrected chi connectivity index (χ4v) is 4.29. The molecular weight excluding hydrogens is 539 g/mol. The Balaban J connectivity index is 1.81. The third-order valence-corrected chi connectivity index (χ3v) is 6.03. The zero-order chi connectivity index (χ0) is 29.5. The quantitative estimate of drug-likeness (QED) is 0.316. The highest BCUT2D eigenvalue weighted by Crippen LogP contribution is 2.38. The molecule has 0 radical (unpaired) electrons. The first-order chi connectivity index (χ1) is 19.4. The van der Waals surface area contributed by atoms with Crippen molar-refractivity contribution >= 4 is 29.4 Å². The molecule has 3 heterocycles. The number of carbonyl (C=O) groups is 2. The minimum Gasteiger partial charge on any atom is -0.293 e. The van der Waals surface area contributed by atoms with E-state index in [1.165, 1.54) is 35.2 Å². The Morgan fingerprint density at radius 2 is 1.61 bits per heavy atom. The van der Waals surface area contributed by atoms with Crippen molar-refractivity contribution in [2.24, 2.45) is 0 Å². The number of hydrogen-bond donors (Lipinski definition) is 2. The Morgan fingerprint density at radius 1 is 0.951 bits per heavy atom. The normalized spacial score (nSPS) is 11.3. The van der Waals surface area contributed by atoms with Crippen LogP contribution in [0.3, 0.4) is 0 Å². The average Bonchev–Trinajstić information content (AvgIpc) is 3.50. The topological polar surface area (TPSA) is 143 Å². The Morgan fingerprint density at radius 3 is 2.22 bits per heavy atom. The fourth-order valence-electron chi connectivity index (χ4n) is 4.29.